The highest BCUT2D eigenvalue weighted by atomic mass is 32.2. The number of anilines is 1. The Bertz CT molecular complexity index is 937. The smallest absolute Gasteiger partial charge is 0.232 e. The molecule has 2 aromatic carbocycles. The molecule has 2 rings (SSSR count). The van der Waals surface area contributed by atoms with Gasteiger partial charge in [0, 0.05) is 13.0 Å². The van der Waals surface area contributed by atoms with E-state index in [1.165, 1.54) is 21.7 Å². The molecule has 29 heavy (non-hydrogen) atoms. The number of nitrogens with one attached hydrogen (secondary N) is 1. The summed E-state index contributed by atoms with van der Waals surface area (Å²) < 4.78 is 25.7. The molecule has 5 nitrogen and oxygen atoms in total. The molecule has 0 heterocycles. The van der Waals surface area contributed by atoms with Gasteiger partial charge in [0.25, 0.3) is 0 Å². The zero-order valence-electron chi connectivity index (χ0n) is 18.0. The number of hydrogen-bond donors (Lipinski definition) is 1. The van der Waals surface area contributed by atoms with Crippen molar-refractivity contribution in [3.63, 3.8) is 0 Å². The predicted molar refractivity (Wildman–Crippen MR) is 120 cm³/mol. The fourth-order valence-electron chi connectivity index (χ4n) is 3.46. The van der Waals surface area contributed by atoms with E-state index in [-0.39, 0.29) is 24.9 Å². The fraction of sp³-hybridized carbons (Fsp3) is 0.435. The van der Waals surface area contributed by atoms with Gasteiger partial charge in [-0.15, -0.1) is 0 Å². The summed E-state index contributed by atoms with van der Waals surface area (Å²) >= 11 is 0. The monoisotopic (exact) mass is 416 g/mol. The first kappa shape index (κ1) is 22.9. The van der Waals surface area contributed by atoms with Crippen LogP contribution < -0.4 is 9.62 Å². The molecule has 1 atom stereocenters. The lowest BCUT2D eigenvalue weighted by atomic mass is 9.97. The van der Waals surface area contributed by atoms with E-state index in [0.717, 1.165) is 17.5 Å². The average molecular weight is 417 g/mol. The SMILES string of the molecule is CCC(NC(=O)CCCN(c1ccc(C)cc1)S(C)(=O)=O)c1ccc(C)cc1C. The van der Waals surface area contributed by atoms with Crippen LogP contribution in [0, 0.1) is 20.8 Å². The standard InChI is InChI=1S/C23H32N2O3S/c1-6-22(21-14-11-18(3)16-19(21)4)24-23(26)8-7-15-25(29(5,27)28)20-12-9-17(2)10-13-20/h9-14,16,22H,6-8,15H2,1-5H3,(H,24,26). The van der Waals surface area contributed by atoms with E-state index in [1.54, 1.807) is 12.1 Å². The molecule has 0 radical (unpaired) electrons. The van der Waals surface area contributed by atoms with E-state index in [9.17, 15) is 13.2 Å². The Morgan fingerprint density at radius 2 is 1.66 bits per heavy atom. The summed E-state index contributed by atoms with van der Waals surface area (Å²) in [6, 6.07) is 13.6. The Labute approximate surface area is 175 Å². The normalized spacial score (nSPS) is 12.4. The Kier molecular flexibility index (Phi) is 7.85. The van der Waals surface area contributed by atoms with Crippen LogP contribution in [0.5, 0.6) is 0 Å². The van der Waals surface area contributed by atoms with Crippen molar-refractivity contribution in [3.05, 3.63) is 64.7 Å². The summed E-state index contributed by atoms with van der Waals surface area (Å²) in [5, 5.41) is 3.10. The zero-order chi connectivity index (χ0) is 21.6. The van der Waals surface area contributed by atoms with E-state index in [0.29, 0.717) is 12.1 Å². The van der Waals surface area contributed by atoms with Crippen molar-refractivity contribution >= 4 is 21.6 Å². The summed E-state index contributed by atoms with van der Waals surface area (Å²) in [5.41, 5.74) is 5.19. The van der Waals surface area contributed by atoms with E-state index in [1.807, 2.05) is 26.0 Å². The number of nitrogens with zero attached hydrogens (tertiary/aromatic N) is 1. The molecule has 1 unspecified atom stereocenters. The number of aryl methyl sites for hydroxylation is 3. The lowest BCUT2D eigenvalue weighted by Crippen LogP contribution is -2.33. The maximum Gasteiger partial charge on any atom is 0.232 e. The van der Waals surface area contributed by atoms with E-state index in [4.69, 9.17) is 0 Å². The van der Waals surface area contributed by atoms with Crippen molar-refractivity contribution in [1.29, 1.82) is 0 Å². The maximum atomic E-state index is 12.5. The van der Waals surface area contributed by atoms with Crippen LogP contribution >= 0.6 is 0 Å². The largest absolute Gasteiger partial charge is 0.349 e. The molecule has 0 aliphatic heterocycles. The molecule has 158 valence electrons. The van der Waals surface area contributed by atoms with Gasteiger partial charge in [0.1, 0.15) is 0 Å². The van der Waals surface area contributed by atoms with Crippen molar-refractivity contribution < 1.29 is 13.2 Å². The quantitative estimate of drug-likeness (QED) is 0.658. The second-order valence-electron chi connectivity index (χ2n) is 7.66. The molecular weight excluding hydrogens is 384 g/mol. The van der Waals surface area contributed by atoms with Gasteiger partial charge < -0.3 is 5.32 Å². The molecule has 6 heteroatoms. The molecule has 0 aliphatic carbocycles. The molecule has 0 saturated carbocycles. The van der Waals surface area contributed by atoms with Gasteiger partial charge in [-0.2, -0.15) is 0 Å². The summed E-state index contributed by atoms with van der Waals surface area (Å²) in [6.07, 6.45) is 2.73. The molecule has 0 bridgehead atoms. The lowest BCUT2D eigenvalue weighted by molar-refractivity contribution is -0.121. The Hall–Kier alpha value is -2.34. The van der Waals surface area contributed by atoms with Crippen molar-refractivity contribution in [2.45, 2.75) is 53.0 Å². The van der Waals surface area contributed by atoms with Gasteiger partial charge in [-0.3, -0.25) is 9.10 Å². The first-order valence-corrected chi connectivity index (χ1v) is 11.9. The highest BCUT2D eigenvalue weighted by Gasteiger charge is 2.19. The Morgan fingerprint density at radius 1 is 1.03 bits per heavy atom. The van der Waals surface area contributed by atoms with Crippen molar-refractivity contribution in [2.24, 2.45) is 0 Å². The van der Waals surface area contributed by atoms with Gasteiger partial charge in [-0.1, -0.05) is 48.4 Å². The third-order valence-electron chi connectivity index (χ3n) is 5.03. The molecule has 2 aromatic rings. The third-order valence-corrected chi connectivity index (χ3v) is 6.23. The van der Waals surface area contributed by atoms with Crippen LogP contribution in [0.3, 0.4) is 0 Å². The summed E-state index contributed by atoms with van der Waals surface area (Å²) in [7, 11) is -3.41. The number of rotatable bonds is 9. The first-order valence-electron chi connectivity index (χ1n) is 10.0. The van der Waals surface area contributed by atoms with Crippen molar-refractivity contribution in [3.8, 4) is 0 Å². The lowest BCUT2D eigenvalue weighted by Gasteiger charge is -2.23. The number of amides is 1. The topological polar surface area (TPSA) is 66.5 Å². The minimum Gasteiger partial charge on any atom is -0.349 e. The number of carbonyl (C=O) groups excluding carboxylic acids is 1. The van der Waals surface area contributed by atoms with E-state index >= 15 is 0 Å². The average Bonchev–Trinajstić information content (AvgIpc) is 2.64. The molecule has 0 aliphatic rings. The van der Waals surface area contributed by atoms with E-state index in [2.05, 4.69) is 37.4 Å². The van der Waals surface area contributed by atoms with E-state index < -0.39 is 10.0 Å². The second kappa shape index (κ2) is 9.92. The van der Waals surface area contributed by atoms with Crippen LogP contribution in [0.15, 0.2) is 42.5 Å². The van der Waals surface area contributed by atoms with Crippen LogP contribution in [-0.2, 0) is 14.8 Å². The summed E-state index contributed by atoms with van der Waals surface area (Å²) in [4.78, 5) is 12.5. The number of carbonyl (C=O) groups is 1. The second-order valence-corrected chi connectivity index (χ2v) is 9.57. The highest BCUT2D eigenvalue weighted by Crippen LogP contribution is 2.22. The molecule has 0 aromatic heterocycles. The van der Waals surface area contributed by atoms with Gasteiger partial charge in [0.15, 0.2) is 0 Å². The van der Waals surface area contributed by atoms with Crippen molar-refractivity contribution in [2.75, 3.05) is 17.1 Å². The van der Waals surface area contributed by atoms with Crippen LogP contribution in [-0.4, -0.2) is 27.1 Å². The summed E-state index contributed by atoms with van der Waals surface area (Å²) in [5.74, 6) is -0.0609. The minimum absolute atomic E-state index is 0.0359. The third kappa shape index (κ3) is 6.60. The number of sulfonamides is 1. The van der Waals surface area contributed by atoms with Gasteiger partial charge >= 0.3 is 0 Å². The van der Waals surface area contributed by atoms with Crippen LogP contribution in [0.2, 0.25) is 0 Å². The van der Waals surface area contributed by atoms with Crippen LogP contribution in [0.25, 0.3) is 0 Å². The van der Waals surface area contributed by atoms with Gasteiger partial charge in [-0.25, -0.2) is 8.42 Å². The highest BCUT2D eigenvalue weighted by molar-refractivity contribution is 7.92. The molecular formula is C23H32N2O3S. The summed E-state index contributed by atoms with van der Waals surface area (Å²) in [6.45, 7) is 8.39. The predicted octanol–water partition coefficient (Wildman–Crippen LogP) is 4.43. The minimum atomic E-state index is -3.41. The van der Waals surface area contributed by atoms with Crippen LogP contribution in [0.1, 0.15) is 54.5 Å². The maximum absolute atomic E-state index is 12.5. The Balaban J connectivity index is 1.98. The van der Waals surface area contributed by atoms with Gasteiger partial charge in [0.2, 0.25) is 15.9 Å². The van der Waals surface area contributed by atoms with Gasteiger partial charge in [-0.05, 0) is 56.9 Å². The molecule has 0 fully saturated rings. The molecule has 0 spiro atoms. The molecule has 0 saturated heterocycles. The van der Waals surface area contributed by atoms with Crippen LogP contribution in [0.4, 0.5) is 5.69 Å². The fourth-order valence-corrected chi connectivity index (χ4v) is 4.43. The van der Waals surface area contributed by atoms with Gasteiger partial charge in [0.05, 0.1) is 18.0 Å². The Morgan fingerprint density at radius 3 is 2.21 bits per heavy atom. The molecule has 1 amide bonds. The number of hydrogen-bond acceptors (Lipinski definition) is 3. The first-order chi connectivity index (χ1) is 13.6. The number of benzene rings is 2. The zero-order valence-corrected chi connectivity index (χ0v) is 18.8. The molecule has 1 N–H and O–H groups in total. The van der Waals surface area contributed by atoms with Crippen molar-refractivity contribution in [1.82, 2.24) is 5.32 Å².